The van der Waals surface area contributed by atoms with E-state index < -0.39 is 23.4 Å². The number of aromatic nitrogens is 1. The van der Waals surface area contributed by atoms with Crippen molar-refractivity contribution in [2.45, 2.75) is 57.9 Å². The molecule has 2 aromatic carbocycles. The lowest BCUT2D eigenvalue weighted by molar-refractivity contribution is -0.137. The summed E-state index contributed by atoms with van der Waals surface area (Å²) in [5, 5.41) is 13.2. The number of ether oxygens (including phenoxy) is 1. The number of fused-ring (bicyclic) bond motifs is 1. The molecule has 1 aromatic heterocycles. The van der Waals surface area contributed by atoms with Crippen LogP contribution in [0.15, 0.2) is 41.0 Å². The minimum Gasteiger partial charge on any atom is -0.444 e. The van der Waals surface area contributed by atoms with Crippen molar-refractivity contribution in [1.82, 2.24) is 9.88 Å². The molecule has 2 heterocycles. The maximum Gasteiger partial charge on any atom is 0.417 e. The van der Waals surface area contributed by atoms with Crippen molar-refractivity contribution >= 4 is 38.6 Å². The van der Waals surface area contributed by atoms with Gasteiger partial charge in [-0.25, -0.2) is 4.79 Å². The normalized spacial score (nSPS) is 16.8. The third-order valence-electron chi connectivity index (χ3n) is 6.22. The standard InChI is InChI=1S/C27H28BrF3N4O2/c1-26(2,3)37-25(36)35-11-5-4-6-18(15-35)34-17-8-10-22(27(29,30)31)20(12-17)21-14-33-24-19(21)9-7-16(13-32)23(24)28/h7-10,12,14,18,33-34H,4-6,11,15H2,1-3H3. The van der Waals surface area contributed by atoms with Gasteiger partial charge in [-0.15, -0.1) is 0 Å². The number of halogens is 4. The van der Waals surface area contributed by atoms with Crippen LogP contribution < -0.4 is 5.32 Å². The van der Waals surface area contributed by atoms with Crippen LogP contribution in [0.3, 0.4) is 0 Å². The third-order valence-corrected chi connectivity index (χ3v) is 7.05. The van der Waals surface area contributed by atoms with Crippen LogP contribution in [0.25, 0.3) is 22.0 Å². The van der Waals surface area contributed by atoms with E-state index in [2.05, 4.69) is 32.3 Å². The van der Waals surface area contributed by atoms with Gasteiger partial charge < -0.3 is 19.9 Å². The number of likely N-dealkylation sites (tertiary alicyclic amines) is 1. The third kappa shape index (κ3) is 6.04. The lowest BCUT2D eigenvalue weighted by Crippen LogP contribution is -2.42. The van der Waals surface area contributed by atoms with Crippen molar-refractivity contribution in [3.63, 3.8) is 0 Å². The summed E-state index contributed by atoms with van der Waals surface area (Å²) >= 11 is 3.38. The van der Waals surface area contributed by atoms with Crippen molar-refractivity contribution in [2.75, 3.05) is 18.4 Å². The Morgan fingerprint density at radius 1 is 1.19 bits per heavy atom. The number of anilines is 1. The zero-order chi connectivity index (χ0) is 27.0. The average Bonchev–Trinajstić information content (AvgIpc) is 3.10. The number of nitrogens with zero attached hydrogens (tertiary/aromatic N) is 2. The Hall–Kier alpha value is -3.19. The molecule has 2 N–H and O–H groups in total. The molecule has 1 unspecified atom stereocenters. The first-order chi connectivity index (χ1) is 17.4. The van der Waals surface area contributed by atoms with E-state index in [0.29, 0.717) is 45.3 Å². The zero-order valence-electron chi connectivity index (χ0n) is 20.8. The molecule has 37 heavy (non-hydrogen) atoms. The van der Waals surface area contributed by atoms with Crippen LogP contribution in [-0.2, 0) is 10.9 Å². The molecule has 1 amide bonds. The molecule has 196 valence electrons. The SMILES string of the molecule is CC(C)(C)OC(=O)N1CCCCC(Nc2ccc(C(F)(F)F)c(-c3c[nH]c4c(Br)c(C#N)ccc34)c2)C1. The molecule has 6 nitrogen and oxygen atoms in total. The number of amides is 1. The van der Waals surface area contributed by atoms with Gasteiger partial charge in [0.05, 0.1) is 21.1 Å². The Balaban J connectivity index is 1.67. The van der Waals surface area contributed by atoms with Gasteiger partial charge in [0.15, 0.2) is 0 Å². The van der Waals surface area contributed by atoms with E-state index in [-0.39, 0.29) is 11.6 Å². The topological polar surface area (TPSA) is 81.2 Å². The van der Waals surface area contributed by atoms with Gasteiger partial charge in [-0.3, -0.25) is 0 Å². The predicted octanol–water partition coefficient (Wildman–Crippen LogP) is 7.69. The van der Waals surface area contributed by atoms with Crippen molar-refractivity contribution in [2.24, 2.45) is 0 Å². The molecule has 3 aromatic rings. The Bertz CT molecular complexity index is 1350. The molecule has 0 bridgehead atoms. The summed E-state index contributed by atoms with van der Waals surface area (Å²) in [5.74, 6) is 0. The zero-order valence-corrected chi connectivity index (χ0v) is 22.4. The fraction of sp³-hybridized carbons (Fsp3) is 0.407. The number of nitriles is 1. The Morgan fingerprint density at radius 3 is 2.62 bits per heavy atom. The Morgan fingerprint density at radius 2 is 1.95 bits per heavy atom. The number of aromatic amines is 1. The monoisotopic (exact) mass is 576 g/mol. The van der Waals surface area contributed by atoms with Crippen LogP contribution in [0.4, 0.5) is 23.7 Å². The van der Waals surface area contributed by atoms with E-state index in [9.17, 15) is 23.2 Å². The summed E-state index contributed by atoms with van der Waals surface area (Å²) in [6.45, 7) is 6.40. The van der Waals surface area contributed by atoms with E-state index in [1.165, 1.54) is 18.3 Å². The highest BCUT2D eigenvalue weighted by molar-refractivity contribution is 9.10. The summed E-state index contributed by atoms with van der Waals surface area (Å²) in [5.41, 5.74) is 0.506. The van der Waals surface area contributed by atoms with Crippen molar-refractivity contribution in [1.29, 1.82) is 5.26 Å². The van der Waals surface area contributed by atoms with E-state index in [0.717, 1.165) is 25.3 Å². The molecule has 0 saturated carbocycles. The number of alkyl halides is 3. The summed E-state index contributed by atoms with van der Waals surface area (Å²) < 4.78 is 48.1. The van der Waals surface area contributed by atoms with Crippen LogP contribution in [-0.4, -0.2) is 40.7 Å². The first-order valence-electron chi connectivity index (χ1n) is 12.0. The quantitative estimate of drug-likeness (QED) is 0.335. The van der Waals surface area contributed by atoms with E-state index >= 15 is 0 Å². The molecule has 1 atom stereocenters. The molecule has 1 aliphatic rings. The molecular formula is C27H28BrF3N4O2. The summed E-state index contributed by atoms with van der Waals surface area (Å²) in [6, 6.07) is 9.15. The van der Waals surface area contributed by atoms with Gasteiger partial charge in [0, 0.05) is 42.0 Å². The number of hydrogen-bond donors (Lipinski definition) is 2. The van der Waals surface area contributed by atoms with Gasteiger partial charge in [-0.1, -0.05) is 6.07 Å². The van der Waals surface area contributed by atoms with Crippen LogP contribution in [0.5, 0.6) is 0 Å². The average molecular weight is 577 g/mol. The summed E-state index contributed by atoms with van der Waals surface area (Å²) in [7, 11) is 0. The van der Waals surface area contributed by atoms with Crippen LogP contribution in [0.1, 0.15) is 51.2 Å². The van der Waals surface area contributed by atoms with Gasteiger partial charge in [0.2, 0.25) is 0 Å². The Labute approximate surface area is 221 Å². The van der Waals surface area contributed by atoms with Crippen molar-refractivity contribution in [3.8, 4) is 17.2 Å². The molecule has 0 aliphatic carbocycles. The fourth-order valence-electron chi connectivity index (χ4n) is 4.56. The highest BCUT2D eigenvalue weighted by atomic mass is 79.9. The van der Waals surface area contributed by atoms with Crippen molar-refractivity contribution < 1.29 is 22.7 Å². The summed E-state index contributed by atoms with van der Waals surface area (Å²) in [4.78, 5) is 17.3. The fourth-order valence-corrected chi connectivity index (χ4v) is 5.11. The highest BCUT2D eigenvalue weighted by Gasteiger charge is 2.35. The molecule has 1 saturated heterocycles. The largest absolute Gasteiger partial charge is 0.444 e. The van der Waals surface area contributed by atoms with Gasteiger partial charge in [0.1, 0.15) is 11.7 Å². The molecule has 4 rings (SSSR count). The number of H-pyrrole nitrogens is 1. The van der Waals surface area contributed by atoms with E-state index in [1.54, 1.807) is 17.0 Å². The first-order valence-corrected chi connectivity index (χ1v) is 12.8. The van der Waals surface area contributed by atoms with E-state index in [1.807, 2.05) is 20.8 Å². The minimum atomic E-state index is -4.56. The second-order valence-electron chi connectivity index (χ2n) is 10.2. The molecular weight excluding hydrogens is 549 g/mol. The lowest BCUT2D eigenvalue weighted by Gasteiger charge is -2.29. The lowest BCUT2D eigenvalue weighted by atomic mass is 9.97. The second-order valence-corrected chi connectivity index (χ2v) is 11.0. The number of nitrogens with one attached hydrogen (secondary N) is 2. The minimum absolute atomic E-state index is 0.0259. The second kappa shape index (κ2) is 10.3. The number of carbonyl (C=O) groups is 1. The highest BCUT2D eigenvalue weighted by Crippen LogP contribution is 2.42. The van der Waals surface area contributed by atoms with Gasteiger partial charge in [-0.2, -0.15) is 18.4 Å². The van der Waals surface area contributed by atoms with Crippen molar-refractivity contribution in [3.05, 3.63) is 52.1 Å². The molecule has 10 heteroatoms. The molecule has 0 radical (unpaired) electrons. The van der Waals surface area contributed by atoms with Gasteiger partial charge in [-0.05, 0) is 85.8 Å². The summed E-state index contributed by atoms with van der Waals surface area (Å²) in [6.07, 6.45) is -0.951. The van der Waals surface area contributed by atoms with Crippen LogP contribution in [0.2, 0.25) is 0 Å². The van der Waals surface area contributed by atoms with Gasteiger partial charge >= 0.3 is 12.3 Å². The Kier molecular flexibility index (Phi) is 7.47. The van der Waals surface area contributed by atoms with Crippen LogP contribution in [0, 0.1) is 11.3 Å². The number of rotatable bonds is 3. The molecule has 1 aliphatic heterocycles. The van der Waals surface area contributed by atoms with Crippen LogP contribution >= 0.6 is 15.9 Å². The first kappa shape index (κ1) is 26.9. The maximum atomic E-state index is 14.0. The predicted molar refractivity (Wildman–Crippen MR) is 140 cm³/mol. The molecule has 1 fully saturated rings. The molecule has 0 spiro atoms. The number of benzene rings is 2. The van der Waals surface area contributed by atoms with Gasteiger partial charge in [0.25, 0.3) is 0 Å². The smallest absolute Gasteiger partial charge is 0.417 e. The maximum absolute atomic E-state index is 14.0. The number of carbonyl (C=O) groups excluding carboxylic acids is 1. The van der Waals surface area contributed by atoms with E-state index in [4.69, 9.17) is 4.74 Å². The number of hydrogen-bond acceptors (Lipinski definition) is 4.